The van der Waals surface area contributed by atoms with Crippen molar-refractivity contribution in [3.05, 3.63) is 24.2 Å². The molecule has 3 aromatic rings. The van der Waals surface area contributed by atoms with Gasteiger partial charge in [0.05, 0.1) is 13.0 Å². The third-order valence-corrected chi connectivity index (χ3v) is 6.75. The molecule has 0 spiro atoms. The number of aryl methyl sites for hydroxylation is 1. The Morgan fingerprint density at radius 3 is 2.68 bits per heavy atom. The normalized spacial score (nSPS) is 23.5. The number of hydrogen-bond donors (Lipinski definition) is 1. The molecule has 0 aromatic carbocycles. The number of pyridine rings is 1. The van der Waals surface area contributed by atoms with Gasteiger partial charge in [0.25, 0.3) is 0 Å². The summed E-state index contributed by atoms with van der Waals surface area (Å²) in [6, 6.07) is 3.54. The minimum Gasteiger partial charge on any atom is -0.489 e. The lowest BCUT2D eigenvalue weighted by Gasteiger charge is -2.37. The lowest BCUT2D eigenvalue weighted by atomic mass is 9.92. The third-order valence-electron chi connectivity index (χ3n) is 5.89. The van der Waals surface area contributed by atoms with Crippen molar-refractivity contribution in [3.63, 3.8) is 0 Å². The zero-order valence-corrected chi connectivity index (χ0v) is 17.7. The van der Waals surface area contributed by atoms with Crippen LogP contribution in [-0.4, -0.2) is 55.9 Å². The molecule has 0 amide bonds. The molecule has 1 saturated carbocycles. The van der Waals surface area contributed by atoms with E-state index in [2.05, 4.69) is 29.7 Å². The van der Waals surface area contributed by atoms with E-state index in [1.807, 2.05) is 6.92 Å². The summed E-state index contributed by atoms with van der Waals surface area (Å²) in [5.41, 5.74) is 0.404. The highest BCUT2D eigenvalue weighted by Gasteiger charge is 2.43. The van der Waals surface area contributed by atoms with Crippen molar-refractivity contribution in [1.82, 2.24) is 24.0 Å². The van der Waals surface area contributed by atoms with Gasteiger partial charge in [0.2, 0.25) is 11.1 Å². The Balaban J connectivity index is 1.28. The molecule has 5 rings (SSSR count). The predicted molar refractivity (Wildman–Crippen MR) is 110 cm³/mol. The second-order valence-electron chi connectivity index (χ2n) is 8.09. The highest BCUT2D eigenvalue weighted by molar-refractivity contribution is 7.09. The van der Waals surface area contributed by atoms with Gasteiger partial charge < -0.3 is 15.0 Å². The van der Waals surface area contributed by atoms with Crippen molar-refractivity contribution in [2.75, 3.05) is 29.9 Å². The van der Waals surface area contributed by atoms with Gasteiger partial charge in [-0.25, -0.2) is 9.50 Å². The van der Waals surface area contributed by atoms with E-state index < -0.39 is 19.2 Å². The van der Waals surface area contributed by atoms with Crippen molar-refractivity contribution in [3.8, 4) is 5.75 Å². The van der Waals surface area contributed by atoms with Crippen LogP contribution in [0.15, 0.2) is 18.3 Å². The molecule has 2 bridgehead atoms. The summed E-state index contributed by atoms with van der Waals surface area (Å²) in [6.45, 7) is 3.26. The van der Waals surface area contributed by atoms with Crippen LogP contribution in [0, 0.1) is 18.8 Å². The fraction of sp³-hybridized carbons (Fsp3) is 0.579. The van der Waals surface area contributed by atoms with Crippen LogP contribution >= 0.6 is 11.5 Å². The van der Waals surface area contributed by atoms with Crippen LogP contribution < -0.4 is 15.0 Å². The molecule has 31 heavy (non-hydrogen) atoms. The zero-order chi connectivity index (χ0) is 21.6. The first kappa shape index (κ1) is 20.3. The quantitative estimate of drug-likeness (QED) is 0.611. The number of piperidine rings is 1. The maximum atomic E-state index is 12.4. The molecule has 12 heteroatoms. The Morgan fingerprint density at radius 1 is 1.23 bits per heavy atom. The van der Waals surface area contributed by atoms with Crippen molar-refractivity contribution < 1.29 is 17.9 Å². The van der Waals surface area contributed by atoms with E-state index in [1.54, 1.807) is 18.3 Å². The Bertz CT molecular complexity index is 1050. The monoisotopic (exact) mass is 453 g/mol. The van der Waals surface area contributed by atoms with Crippen LogP contribution in [0.3, 0.4) is 0 Å². The Labute approximate surface area is 180 Å². The number of hydrogen-bond acceptors (Lipinski definition) is 8. The maximum Gasteiger partial charge on any atom is 0.392 e. The molecular formula is C19H22F3N7OS. The molecule has 1 aliphatic heterocycles. The summed E-state index contributed by atoms with van der Waals surface area (Å²) >= 11 is 1.44. The zero-order valence-electron chi connectivity index (χ0n) is 16.8. The standard InChI is InChI=1S/C19H22F3N7OS/c1-11-23-18(31-27-11)28-9-12-4-5-13(10-28)15(12)24-17-25-16-14(3-2-7-29(16)26-17)30-8-6-19(20,21)22/h2-3,7,12-13,15H,4-6,8-10H2,1H3,(H,24,26). The van der Waals surface area contributed by atoms with Crippen LogP contribution in [0.2, 0.25) is 0 Å². The van der Waals surface area contributed by atoms with Crippen LogP contribution in [0.5, 0.6) is 5.75 Å². The number of ether oxygens (including phenoxy) is 1. The van der Waals surface area contributed by atoms with Crippen LogP contribution in [0.4, 0.5) is 24.3 Å². The number of halogens is 3. The molecular weight excluding hydrogens is 431 g/mol. The topological polar surface area (TPSA) is 80.5 Å². The number of nitrogens with zero attached hydrogens (tertiary/aromatic N) is 6. The van der Waals surface area contributed by atoms with E-state index in [9.17, 15) is 13.2 Å². The number of fused-ring (bicyclic) bond motifs is 3. The lowest BCUT2D eigenvalue weighted by Crippen LogP contribution is -2.48. The van der Waals surface area contributed by atoms with Crippen LogP contribution in [0.25, 0.3) is 5.65 Å². The van der Waals surface area contributed by atoms with Gasteiger partial charge in [-0.2, -0.15) is 22.5 Å². The van der Waals surface area contributed by atoms with E-state index in [0.29, 0.717) is 23.4 Å². The summed E-state index contributed by atoms with van der Waals surface area (Å²) in [4.78, 5) is 11.3. The number of aromatic nitrogens is 5. The fourth-order valence-electron chi connectivity index (χ4n) is 4.51. The van der Waals surface area contributed by atoms with Gasteiger partial charge in [-0.1, -0.05) is 0 Å². The number of nitrogens with one attached hydrogen (secondary N) is 1. The summed E-state index contributed by atoms with van der Waals surface area (Å²) in [6.07, 6.45) is -1.32. The van der Waals surface area contributed by atoms with Crippen molar-refractivity contribution in [2.24, 2.45) is 11.8 Å². The van der Waals surface area contributed by atoms with Gasteiger partial charge in [-0.15, -0.1) is 5.10 Å². The van der Waals surface area contributed by atoms with Gasteiger partial charge in [-0.3, -0.25) is 0 Å². The SMILES string of the molecule is Cc1nsc(N2CC3CCC(C2)C3Nc2nc3c(OCCC(F)(F)F)cccn3n2)n1. The van der Waals surface area contributed by atoms with Crippen molar-refractivity contribution in [2.45, 2.75) is 38.4 Å². The summed E-state index contributed by atoms with van der Waals surface area (Å²) in [7, 11) is 0. The Hall–Kier alpha value is -2.63. The van der Waals surface area contributed by atoms with E-state index in [4.69, 9.17) is 4.74 Å². The van der Waals surface area contributed by atoms with E-state index in [-0.39, 0.29) is 11.8 Å². The highest BCUT2D eigenvalue weighted by Crippen LogP contribution is 2.40. The number of anilines is 2. The second kappa shape index (κ2) is 7.81. The molecule has 1 aliphatic carbocycles. The molecule has 1 saturated heterocycles. The molecule has 8 nitrogen and oxygen atoms in total. The molecule has 166 valence electrons. The Morgan fingerprint density at radius 2 is 2.00 bits per heavy atom. The molecule has 1 N–H and O–H groups in total. The molecule has 2 aliphatic rings. The smallest absolute Gasteiger partial charge is 0.392 e. The second-order valence-corrected chi connectivity index (χ2v) is 8.82. The Kier molecular flexibility index (Phi) is 5.11. The van der Waals surface area contributed by atoms with Gasteiger partial charge in [-0.05, 0) is 43.7 Å². The first-order chi connectivity index (χ1) is 14.9. The van der Waals surface area contributed by atoms with Crippen molar-refractivity contribution in [1.29, 1.82) is 0 Å². The predicted octanol–water partition coefficient (Wildman–Crippen LogP) is 3.55. The average molecular weight is 453 g/mol. The minimum atomic E-state index is -4.26. The van der Waals surface area contributed by atoms with Gasteiger partial charge in [0.15, 0.2) is 11.4 Å². The first-order valence-corrected chi connectivity index (χ1v) is 11.0. The molecule has 2 fully saturated rings. The van der Waals surface area contributed by atoms with E-state index in [1.165, 1.54) is 16.0 Å². The van der Waals surface area contributed by atoms with Crippen molar-refractivity contribution >= 4 is 28.3 Å². The largest absolute Gasteiger partial charge is 0.489 e. The summed E-state index contributed by atoms with van der Waals surface area (Å²) in [5.74, 6) is 2.44. The molecule has 4 heterocycles. The molecule has 2 unspecified atom stereocenters. The summed E-state index contributed by atoms with van der Waals surface area (Å²) in [5, 5.41) is 8.91. The van der Waals surface area contributed by atoms with Gasteiger partial charge >= 0.3 is 6.18 Å². The van der Waals surface area contributed by atoms with Gasteiger partial charge in [0, 0.05) is 36.9 Å². The van der Waals surface area contributed by atoms with E-state index >= 15 is 0 Å². The molecule has 2 atom stereocenters. The fourth-order valence-corrected chi connectivity index (χ4v) is 5.20. The van der Waals surface area contributed by atoms with E-state index in [0.717, 1.165) is 36.9 Å². The highest BCUT2D eigenvalue weighted by atomic mass is 32.1. The number of alkyl halides is 3. The maximum absolute atomic E-state index is 12.4. The lowest BCUT2D eigenvalue weighted by molar-refractivity contribution is -0.139. The third kappa shape index (κ3) is 4.25. The first-order valence-electron chi connectivity index (χ1n) is 10.2. The molecule has 0 radical (unpaired) electrons. The van der Waals surface area contributed by atoms with Crippen LogP contribution in [0.1, 0.15) is 25.1 Å². The van der Waals surface area contributed by atoms with Gasteiger partial charge in [0.1, 0.15) is 5.82 Å². The van der Waals surface area contributed by atoms with Crippen LogP contribution in [-0.2, 0) is 0 Å². The average Bonchev–Trinajstić information content (AvgIpc) is 3.37. The molecule has 3 aromatic heterocycles. The number of rotatable bonds is 6. The summed E-state index contributed by atoms with van der Waals surface area (Å²) < 4.78 is 48.4. The minimum absolute atomic E-state index is 0.247.